The zero-order valence-electron chi connectivity index (χ0n) is 21.3. The highest BCUT2D eigenvalue weighted by molar-refractivity contribution is 6.31. The Morgan fingerprint density at radius 1 is 1.20 bits per heavy atom. The molecule has 0 radical (unpaired) electrons. The number of methoxy groups -OCH3 is 1. The molecule has 40 heavy (non-hydrogen) atoms. The number of benzene rings is 2. The van der Waals surface area contributed by atoms with E-state index in [-0.39, 0.29) is 34.1 Å². The minimum atomic E-state index is -1.04. The number of hydrogen-bond donors (Lipinski definition) is 3. The number of nitrogens with zero attached hydrogens (tertiary/aromatic N) is 4. The molecule has 1 heterocycles. The number of amides is 2. The van der Waals surface area contributed by atoms with Crippen molar-refractivity contribution in [3.8, 4) is 0 Å². The minimum Gasteiger partial charge on any atom is -0.465 e. The molecule has 1 aromatic heterocycles. The molecule has 0 saturated carbocycles. The van der Waals surface area contributed by atoms with Gasteiger partial charge in [0.1, 0.15) is 18.2 Å². The van der Waals surface area contributed by atoms with Gasteiger partial charge in [0.25, 0.3) is 0 Å². The molecule has 206 valence electrons. The predicted octanol–water partition coefficient (Wildman–Crippen LogP) is 3.36. The topological polar surface area (TPSA) is 151 Å². The van der Waals surface area contributed by atoms with E-state index in [0.717, 1.165) is 23.0 Å². The van der Waals surface area contributed by atoms with Crippen molar-refractivity contribution in [1.29, 1.82) is 0 Å². The van der Waals surface area contributed by atoms with E-state index in [1.807, 2.05) is 6.07 Å². The fourth-order valence-electron chi connectivity index (χ4n) is 3.45. The van der Waals surface area contributed by atoms with Crippen LogP contribution in [0.3, 0.4) is 0 Å². The first-order valence-corrected chi connectivity index (χ1v) is 12.0. The first-order chi connectivity index (χ1) is 19.2. The van der Waals surface area contributed by atoms with E-state index in [1.54, 1.807) is 24.3 Å². The molecule has 0 spiro atoms. The van der Waals surface area contributed by atoms with Gasteiger partial charge < -0.3 is 15.4 Å². The van der Waals surface area contributed by atoms with E-state index in [9.17, 15) is 18.8 Å². The molecule has 2 amide bonds. The predicted molar refractivity (Wildman–Crippen MR) is 151 cm³/mol. The van der Waals surface area contributed by atoms with Crippen LogP contribution in [0.4, 0.5) is 15.9 Å². The molecule has 3 rings (SSSR count). The summed E-state index contributed by atoms with van der Waals surface area (Å²) in [6, 6.07) is 13.6. The van der Waals surface area contributed by atoms with Gasteiger partial charge in [-0.15, -0.1) is 5.10 Å². The summed E-state index contributed by atoms with van der Waals surface area (Å²) in [5.41, 5.74) is 1.02. The zero-order valence-corrected chi connectivity index (χ0v) is 22.0. The number of carbonyl (C=O) groups excluding carboxylic acids is 3. The van der Waals surface area contributed by atoms with Crippen molar-refractivity contribution in [2.45, 2.75) is 12.5 Å². The largest absolute Gasteiger partial charge is 0.465 e. The standard InChI is InChI=1S/C27H25ClFN7O4/c1-31-33-16-36(30)22-11-10-20(28)25(29)19(22)9-13-24(37)34-21(14-17-6-4-3-5-7-17)26(38)35-23-12-8-18(15-32-23)27(39)40-2/h3-13,15-16,21H,1,14,30H2,2H3,(H,34,37)(H,32,35,38)/b13-9+,33-16-/t21-/m0/s1. The number of nitrogens with one attached hydrogen (secondary N) is 2. The number of pyridine rings is 1. The van der Waals surface area contributed by atoms with Crippen molar-refractivity contribution in [1.82, 2.24) is 10.3 Å². The van der Waals surface area contributed by atoms with Crippen LogP contribution < -0.4 is 21.5 Å². The van der Waals surface area contributed by atoms with Gasteiger partial charge in [-0.1, -0.05) is 41.9 Å². The summed E-state index contributed by atoms with van der Waals surface area (Å²) in [6.07, 6.45) is 4.71. The smallest absolute Gasteiger partial charge is 0.339 e. The van der Waals surface area contributed by atoms with Gasteiger partial charge in [0.15, 0.2) is 5.82 Å². The van der Waals surface area contributed by atoms with Gasteiger partial charge in [-0.3, -0.25) is 14.6 Å². The summed E-state index contributed by atoms with van der Waals surface area (Å²) >= 11 is 5.92. The quantitative estimate of drug-likeness (QED) is 0.0805. The van der Waals surface area contributed by atoms with Crippen molar-refractivity contribution in [2.24, 2.45) is 16.0 Å². The van der Waals surface area contributed by atoms with Crippen LogP contribution in [-0.4, -0.2) is 49.0 Å². The number of hydrogen-bond acceptors (Lipinski definition) is 8. The molecule has 0 bridgehead atoms. The van der Waals surface area contributed by atoms with E-state index in [0.29, 0.717) is 0 Å². The number of nitrogens with two attached hydrogens (primary N) is 1. The minimum absolute atomic E-state index is 0.0976. The summed E-state index contributed by atoms with van der Waals surface area (Å²) < 4.78 is 19.5. The van der Waals surface area contributed by atoms with E-state index in [2.05, 4.69) is 37.3 Å². The fourth-order valence-corrected chi connectivity index (χ4v) is 3.62. The van der Waals surface area contributed by atoms with Gasteiger partial charge in [-0.05, 0) is 35.9 Å². The molecule has 11 nitrogen and oxygen atoms in total. The summed E-state index contributed by atoms with van der Waals surface area (Å²) in [5, 5.41) is 12.9. The molecule has 0 saturated heterocycles. The molecule has 0 aliphatic rings. The van der Waals surface area contributed by atoms with Crippen molar-refractivity contribution < 1.29 is 23.5 Å². The third-order valence-electron chi connectivity index (χ3n) is 5.40. The summed E-state index contributed by atoms with van der Waals surface area (Å²) in [5.74, 6) is 3.39. The number of halogens is 2. The lowest BCUT2D eigenvalue weighted by atomic mass is 10.0. The van der Waals surface area contributed by atoms with Crippen molar-refractivity contribution in [3.63, 3.8) is 0 Å². The number of hydrazine groups is 1. The van der Waals surface area contributed by atoms with Gasteiger partial charge in [-0.25, -0.2) is 20.0 Å². The third-order valence-corrected chi connectivity index (χ3v) is 5.69. The fraction of sp³-hybridized carbons (Fsp3) is 0.111. The molecule has 1 atom stereocenters. The normalized spacial score (nSPS) is 11.7. The molecular formula is C27H25ClFN7O4. The number of aromatic nitrogens is 1. The van der Waals surface area contributed by atoms with Gasteiger partial charge in [0, 0.05) is 31.0 Å². The maximum Gasteiger partial charge on any atom is 0.339 e. The van der Waals surface area contributed by atoms with Gasteiger partial charge in [0.2, 0.25) is 11.8 Å². The lowest BCUT2D eigenvalue weighted by Crippen LogP contribution is -2.44. The van der Waals surface area contributed by atoms with Crippen LogP contribution >= 0.6 is 11.6 Å². The molecular weight excluding hydrogens is 541 g/mol. The molecule has 4 N–H and O–H groups in total. The monoisotopic (exact) mass is 565 g/mol. The van der Waals surface area contributed by atoms with Crippen LogP contribution in [0, 0.1) is 5.82 Å². The highest BCUT2D eigenvalue weighted by Crippen LogP contribution is 2.28. The van der Waals surface area contributed by atoms with Crippen LogP contribution in [0.5, 0.6) is 0 Å². The molecule has 2 aromatic carbocycles. The highest BCUT2D eigenvalue weighted by atomic mass is 35.5. The average Bonchev–Trinajstić information content (AvgIpc) is 2.96. The van der Waals surface area contributed by atoms with Crippen LogP contribution in [0.2, 0.25) is 5.02 Å². The SMILES string of the molecule is C=N/N=C\N(N)c1ccc(Cl)c(F)c1/C=C/C(=O)N[C@@H](Cc1ccccc1)C(=O)Nc1ccc(C(=O)OC)cn1. The average molecular weight is 566 g/mol. The molecule has 0 aliphatic heterocycles. The highest BCUT2D eigenvalue weighted by Gasteiger charge is 2.22. The Morgan fingerprint density at radius 2 is 1.95 bits per heavy atom. The van der Waals surface area contributed by atoms with Crippen molar-refractivity contribution >= 4 is 60.0 Å². The van der Waals surface area contributed by atoms with Gasteiger partial charge in [0.05, 0.1) is 23.4 Å². The summed E-state index contributed by atoms with van der Waals surface area (Å²) in [6.45, 7) is 3.20. The Labute approximate surface area is 234 Å². The van der Waals surface area contributed by atoms with Gasteiger partial charge in [-0.2, -0.15) is 5.10 Å². The zero-order chi connectivity index (χ0) is 29.1. The maximum absolute atomic E-state index is 14.8. The van der Waals surface area contributed by atoms with E-state index < -0.39 is 29.6 Å². The molecule has 3 aromatic rings. The lowest BCUT2D eigenvalue weighted by molar-refractivity contribution is -0.123. The van der Waals surface area contributed by atoms with E-state index in [4.69, 9.17) is 17.4 Å². The molecule has 0 unspecified atom stereocenters. The lowest BCUT2D eigenvalue weighted by Gasteiger charge is -2.18. The number of esters is 1. The van der Waals surface area contributed by atoms with Crippen LogP contribution in [0.15, 0.2) is 77.1 Å². The molecule has 0 aliphatic carbocycles. The van der Waals surface area contributed by atoms with Crippen LogP contribution in [-0.2, 0) is 20.7 Å². The second-order valence-electron chi connectivity index (χ2n) is 8.07. The Bertz CT molecular complexity index is 1430. The van der Waals surface area contributed by atoms with Gasteiger partial charge >= 0.3 is 5.97 Å². The maximum atomic E-state index is 14.8. The van der Waals surface area contributed by atoms with E-state index in [1.165, 1.54) is 43.6 Å². The Hall–Kier alpha value is -4.94. The Morgan fingerprint density at radius 3 is 2.60 bits per heavy atom. The number of anilines is 2. The molecule has 13 heteroatoms. The molecule has 0 fully saturated rings. The van der Waals surface area contributed by atoms with Crippen LogP contribution in [0.1, 0.15) is 21.5 Å². The summed E-state index contributed by atoms with van der Waals surface area (Å²) in [7, 11) is 1.24. The summed E-state index contributed by atoms with van der Waals surface area (Å²) in [4.78, 5) is 41.7. The number of rotatable bonds is 11. The Balaban J connectivity index is 1.82. The first kappa shape index (κ1) is 29.6. The second-order valence-corrected chi connectivity index (χ2v) is 8.48. The van der Waals surface area contributed by atoms with E-state index >= 15 is 0 Å². The first-order valence-electron chi connectivity index (χ1n) is 11.6. The number of carbonyl (C=O) groups is 3. The number of ether oxygens (including phenoxy) is 1. The van der Waals surface area contributed by atoms with Crippen molar-refractivity contribution in [2.75, 3.05) is 17.4 Å². The Kier molecular flexibility index (Phi) is 10.6. The van der Waals surface area contributed by atoms with Crippen molar-refractivity contribution in [3.05, 3.63) is 94.4 Å². The van der Waals surface area contributed by atoms with Crippen LogP contribution in [0.25, 0.3) is 6.08 Å². The second kappa shape index (κ2) is 14.3. The third kappa shape index (κ3) is 8.03.